The van der Waals surface area contributed by atoms with E-state index in [-0.39, 0.29) is 5.91 Å². The molecule has 1 saturated heterocycles. The minimum atomic E-state index is 0.0740. The summed E-state index contributed by atoms with van der Waals surface area (Å²) in [5, 5.41) is 0. The van der Waals surface area contributed by atoms with Crippen molar-refractivity contribution in [1.29, 1.82) is 0 Å². The molecule has 27 heavy (non-hydrogen) atoms. The van der Waals surface area contributed by atoms with Crippen LogP contribution in [0.1, 0.15) is 34.9 Å². The number of hydrogen-bond acceptors (Lipinski definition) is 3. The summed E-state index contributed by atoms with van der Waals surface area (Å²) in [5.41, 5.74) is 3.38. The summed E-state index contributed by atoms with van der Waals surface area (Å²) >= 11 is 3.49. The van der Waals surface area contributed by atoms with E-state index >= 15 is 0 Å². The van der Waals surface area contributed by atoms with Gasteiger partial charge in [0, 0.05) is 41.6 Å². The number of pyridine rings is 1. The van der Waals surface area contributed by atoms with Crippen molar-refractivity contribution in [1.82, 2.24) is 19.4 Å². The molecule has 1 aliphatic rings. The van der Waals surface area contributed by atoms with Crippen LogP contribution in [-0.2, 0) is 0 Å². The molecule has 3 aromatic rings. The molecule has 138 valence electrons. The van der Waals surface area contributed by atoms with Crippen molar-refractivity contribution < 1.29 is 4.79 Å². The molecule has 0 atom stereocenters. The lowest BCUT2D eigenvalue weighted by atomic mass is 10.0. The van der Waals surface area contributed by atoms with E-state index in [0.29, 0.717) is 11.6 Å². The molecule has 0 aliphatic carbocycles. The van der Waals surface area contributed by atoms with Crippen LogP contribution in [0.2, 0.25) is 0 Å². The monoisotopic (exact) mass is 424 g/mol. The molecule has 2 aromatic heterocycles. The summed E-state index contributed by atoms with van der Waals surface area (Å²) in [4.78, 5) is 23.7. The molecule has 0 radical (unpaired) electrons. The number of rotatable bonds is 3. The number of imidazole rings is 1. The Balaban J connectivity index is 1.48. The van der Waals surface area contributed by atoms with E-state index in [0.717, 1.165) is 47.4 Å². The summed E-state index contributed by atoms with van der Waals surface area (Å²) in [6.07, 6.45) is 7.56. The zero-order valence-electron chi connectivity index (χ0n) is 15.2. The second-order valence-electron chi connectivity index (χ2n) is 6.87. The second kappa shape index (κ2) is 7.64. The molecule has 1 aliphatic heterocycles. The first-order chi connectivity index (χ1) is 13.1. The Morgan fingerprint density at radius 2 is 2.00 bits per heavy atom. The Morgan fingerprint density at radius 1 is 1.19 bits per heavy atom. The van der Waals surface area contributed by atoms with Crippen LogP contribution in [0.25, 0.3) is 11.3 Å². The van der Waals surface area contributed by atoms with Gasteiger partial charge in [-0.15, -0.1) is 0 Å². The topological polar surface area (TPSA) is 51.0 Å². The van der Waals surface area contributed by atoms with Gasteiger partial charge in [0.2, 0.25) is 0 Å². The molecule has 1 aromatic carbocycles. The fourth-order valence-electron chi connectivity index (χ4n) is 3.62. The lowest BCUT2D eigenvalue weighted by Crippen LogP contribution is -2.39. The van der Waals surface area contributed by atoms with Crippen LogP contribution in [0.5, 0.6) is 0 Å². The largest absolute Gasteiger partial charge is 0.338 e. The first kappa shape index (κ1) is 17.9. The zero-order valence-corrected chi connectivity index (χ0v) is 16.8. The van der Waals surface area contributed by atoms with E-state index in [1.807, 2.05) is 60.7 Å². The number of piperidine rings is 1. The van der Waals surface area contributed by atoms with E-state index in [4.69, 9.17) is 0 Å². The lowest BCUT2D eigenvalue weighted by Gasteiger charge is -2.32. The van der Waals surface area contributed by atoms with E-state index in [9.17, 15) is 4.79 Å². The molecule has 5 nitrogen and oxygen atoms in total. The summed E-state index contributed by atoms with van der Waals surface area (Å²) in [6.45, 7) is 3.43. The Morgan fingerprint density at radius 3 is 2.67 bits per heavy atom. The quantitative estimate of drug-likeness (QED) is 0.621. The predicted molar refractivity (Wildman–Crippen MR) is 109 cm³/mol. The van der Waals surface area contributed by atoms with Crippen molar-refractivity contribution >= 4 is 21.8 Å². The van der Waals surface area contributed by atoms with Crippen LogP contribution >= 0.6 is 15.9 Å². The van der Waals surface area contributed by atoms with Crippen LogP contribution < -0.4 is 0 Å². The number of benzene rings is 1. The van der Waals surface area contributed by atoms with Gasteiger partial charge in [0.15, 0.2) is 0 Å². The molecule has 0 saturated carbocycles. The molecular formula is C21H21BrN4O. The SMILES string of the molecule is Cc1nc(-c2cccc(Br)c2)ccc1C(=O)N1CCC(n2ccnc2)CC1. The van der Waals surface area contributed by atoms with Gasteiger partial charge in [-0.25, -0.2) is 4.98 Å². The Kier molecular flexibility index (Phi) is 5.07. The number of carbonyl (C=O) groups is 1. The maximum Gasteiger partial charge on any atom is 0.255 e. The van der Waals surface area contributed by atoms with Crippen molar-refractivity contribution in [2.75, 3.05) is 13.1 Å². The third kappa shape index (κ3) is 3.81. The van der Waals surface area contributed by atoms with Gasteiger partial charge in [0.1, 0.15) is 0 Å². The first-order valence-corrected chi connectivity index (χ1v) is 9.91. The van der Waals surface area contributed by atoms with Crippen LogP contribution in [0.3, 0.4) is 0 Å². The summed E-state index contributed by atoms with van der Waals surface area (Å²) < 4.78 is 3.15. The number of hydrogen-bond donors (Lipinski definition) is 0. The van der Waals surface area contributed by atoms with Gasteiger partial charge in [0.25, 0.3) is 5.91 Å². The van der Waals surface area contributed by atoms with Crippen molar-refractivity contribution in [3.05, 3.63) is 70.8 Å². The number of amides is 1. The molecule has 4 rings (SSSR count). The van der Waals surface area contributed by atoms with Gasteiger partial charge in [-0.1, -0.05) is 28.1 Å². The Hall–Kier alpha value is -2.47. The predicted octanol–water partition coefficient (Wildman–Crippen LogP) is 4.49. The summed E-state index contributed by atoms with van der Waals surface area (Å²) in [7, 11) is 0. The van der Waals surface area contributed by atoms with E-state index in [1.54, 1.807) is 6.20 Å². The average Bonchev–Trinajstić information content (AvgIpc) is 3.22. The third-order valence-corrected chi connectivity index (χ3v) is 5.63. The van der Waals surface area contributed by atoms with Crippen molar-refractivity contribution in [2.45, 2.75) is 25.8 Å². The zero-order chi connectivity index (χ0) is 18.8. The highest BCUT2D eigenvalue weighted by Gasteiger charge is 2.25. The van der Waals surface area contributed by atoms with Gasteiger partial charge in [-0.2, -0.15) is 0 Å². The van der Waals surface area contributed by atoms with Crippen LogP contribution in [0.15, 0.2) is 59.6 Å². The normalized spacial score (nSPS) is 15.1. The Bertz CT molecular complexity index is 947. The summed E-state index contributed by atoms with van der Waals surface area (Å²) in [5.74, 6) is 0.0740. The number of halogens is 1. The fourth-order valence-corrected chi connectivity index (χ4v) is 4.02. The molecule has 6 heteroatoms. The van der Waals surface area contributed by atoms with Gasteiger partial charge in [0.05, 0.1) is 23.3 Å². The number of nitrogens with zero attached hydrogens (tertiary/aromatic N) is 4. The first-order valence-electron chi connectivity index (χ1n) is 9.12. The average molecular weight is 425 g/mol. The second-order valence-corrected chi connectivity index (χ2v) is 7.79. The fraction of sp³-hybridized carbons (Fsp3) is 0.286. The molecular weight excluding hydrogens is 404 g/mol. The van der Waals surface area contributed by atoms with Crippen molar-refractivity contribution in [2.24, 2.45) is 0 Å². The van der Waals surface area contributed by atoms with E-state index in [2.05, 4.69) is 30.5 Å². The van der Waals surface area contributed by atoms with Gasteiger partial charge in [-0.05, 0) is 44.0 Å². The van der Waals surface area contributed by atoms with Crippen LogP contribution in [0, 0.1) is 6.92 Å². The van der Waals surface area contributed by atoms with Crippen LogP contribution in [0.4, 0.5) is 0 Å². The highest BCUT2D eigenvalue weighted by atomic mass is 79.9. The van der Waals surface area contributed by atoms with E-state index < -0.39 is 0 Å². The minimum Gasteiger partial charge on any atom is -0.338 e. The van der Waals surface area contributed by atoms with Gasteiger partial charge < -0.3 is 9.47 Å². The van der Waals surface area contributed by atoms with Crippen molar-refractivity contribution in [3.63, 3.8) is 0 Å². The molecule has 3 heterocycles. The molecule has 1 fully saturated rings. The highest BCUT2D eigenvalue weighted by molar-refractivity contribution is 9.10. The summed E-state index contributed by atoms with van der Waals surface area (Å²) in [6, 6.07) is 12.3. The number of aromatic nitrogens is 3. The Labute approximate surface area is 167 Å². The van der Waals surface area contributed by atoms with Crippen LogP contribution in [-0.4, -0.2) is 38.4 Å². The maximum absolute atomic E-state index is 13.0. The third-order valence-electron chi connectivity index (χ3n) is 5.13. The molecule has 0 spiro atoms. The number of aryl methyl sites for hydroxylation is 1. The standard InChI is InChI=1S/C21H21BrN4O/c1-15-19(5-6-20(24-15)16-3-2-4-17(22)13-16)21(27)25-10-7-18(8-11-25)26-12-9-23-14-26/h2-6,9,12-14,18H,7-8,10-11H2,1H3. The molecule has 0 unspecified atom stereocenters. The number of likely N-dealkylation sites (tertiary alicyclic amines) is 1. The highest BCUT2D eigenvalue weighted by Crippen LogP contribution is 2.26. The molecule has 0 bridgehead atoms. The van der Waals surface area contributed by atoms with Crippen molar-refractivity contribution in [3.8, 4) is 11.3 Å². The van der Waals surface area contributed by atoms with E-state index in [1.165, 1.54) is 0 Å². The number of carbonyl (C=O) groups excluding carboxylic acids is 1. The maximum atomic E-state index is 13.0. The molecule has 0 N–H and O–H groups in total. The van der Waals surface area contributed by atoms with Gasteiger partial charge in [-0.3, -0.25) is 9.78 Å². The smallest absolute Gasteiger partial charge is 0.255 e. The minimum absolute atomic E-state index is 0.0740. The lowest BCUT2D eigenvalue weighted by molar-refractivity contribution is 0.0693. The molecule has 1 amide bonds. The van der Waals surface area contributed by atoms with Gasteiger partial charge >= 0.3 is 0 Å².